The number of carbonyl (C=O) groups is 3. The van der Waals surface area contributed by atoms with Gasteiger partial charge in [-0.1, -0.05) is 6.08 Å². The summed E-state index contributed by atoms with van der Waals surface area (Å²) in [5.74, 6) is -3.54. The van der Waals surface area contributed by atoms with E-state index in [2.05, 4.69) is 9.97 Å². The molecule has 0 atom stereocenters. The van der Waals surface area contributed by atoms with E-state index in [1.165, 1.54) is 42.7 Å². The molecule has 0 aliphatic heterocycles. The maximum absolute atomic E-state index is 11.4. The van der Waals surface area contributed by atoms with Crippen LogP contribution in [0.15, 0.2) is 54.4 Å². The van der Waals surface area contributed by atoms with Gasteiger partial charge in [-0.05, 0) is 30.3 Å². The summed E-state index contributed by atoms with van der Waals surface area (Å²) < 4.78 is 0. The Kier molecular flexibility index (Phi) is 6.00. The van der Waals surface area contributed by atoms with Crippen LogP contribution in [-0.4, -0.2) is 43.2 Å². The Hall–Kier alpha value is -4.01. The predicted molar refractivity (Wildman–Crippen MR) is 94.0 cm³/mol. The molecule has 9 heteroatoms. The van der Waals surface area contributed by atoms with Crippen LogP contribution in [-0.2, 0) is 11.2 Å². The van der Waals surface area contributed by atoms with E-state index in [4.69, 9.17) is 15.9 Å². The smallest absolute Gasteiger partial charge is 0.335 e. The number of nitrogens with zero attached hydrogens (tertiary/aromatic N) is 2. The molecule has 2 aromatic rings. The summed E-state index contributed by atoms with van der Waals surface area (Å²) >= 11 is 0. The Morgan fingerprint density at radius 3 is 2.15 bits per heavy atom. The number of carboxylic acids is 3. The van der Waals surface area contributed by atoms with Crippen LogP contribution in [0.5, 0.6) is 0 Å². The minimum absolute atomic E-state index is 0.0287. The van der Waals surface area contributed by atoms with Crippen LogP contribution in [0.25, 0.3) is 5.70 Å². The molecular formula is C18H15N3O6. The van der Waals surface area contributed by atoms with Gasteiger partial charge in [0.2, 0.25) is 0 Å². The molecule has 0 saturated heterocycles. The average Bonchev–Trinajstić information content (AvgIpc) is 2.64. The van der Waals surface area contributed by atoms with Gasteiger partial charge in [0.05, 0.1) is 28.1 Å². The largest absolute Gasteiger partial charge is 0.478 e. The van der Waals surface area contributed by atoms with Gasteiger partial charge in [-0.2, -0.15) is 0 Å². The number of hydrogen-bond acceptors (Lipinski definition) is 6. The van der Waals surface area contributed by atoms with Gasteiger partial charge in [-0.3, -0.25) is 9.97 Å². The fraction of sp³-hybridized carbons (Fsp3) is 0.0556. The average molecular weight is 369 g/mol. The van der Waals surface area contributed by atoms with Crippen molar-refractivity contribution in [2.24, 2.45) is 5.73 Å². The molecule has 2 aromatic heterocycles. The van der Waals surface area contributed by atoms with Gasteiger partial charge < -0.3 is 21.1 Å². The summed E-state index contributed by atoms with van der Waals surface area (Å²) in [5, 5.41) is 27.3. The van der Waals surface area contributed by atoms with Gasteiger partial charge in [0, 0.05) is 24.5 Å². The maximum atomic E-state index is 11.4. The molecule has 138 valence electrons. The zero-order valence-electron chi connectivity index (χ0n) is 13.9. The number of aliphatic carboxylic acids is 1. The number of aromatic nitrogens is 2. The van der Waals surface area contributed by atoms with Gasteiger partial charge in [0.25, 0.3) is 0 Å². The molecule has 0 spiro atoms. The zero-order chi connectivity index (χ0) is 20.0. The van der Waals surface area contributed by atoms with Crippen LogP contribution >= 0.6 is 0 Å². The number of rotatable bonds is 7. The first kappa shape index (κ1) is 19.3. The summed E-state index contributed by atoms with van der Waals surface area (Å²) in [5.41, 5.74) is 6.13. The molecule has 9 nitrogen and oxygen atoms in total. The van der Waals surface area contributed by atoms with Crippen molar-refractivity contribution in [2.45, 2.75) is 6.42 Å². The third-order valence-electron chi connectivity index (χ3n) is 3.46. The number of pyridine rings is 2. The molecule has 2 rings (SSSR count). The molecule has 0 unspecified atom stereocenters. The van der Waals surface area contributed by atoms with Crippen molar-refractivity contribution in [3.63, 3.8) is 0 Å². The van der Waals surface area contributed by atoms with Crippen molar-refractivity contribution >= 4 is 23.6 Å². The number of nitrogens with two attached hydrogens (primary N) is 1. The molecule has 0 fully saturated rings. The maximum Gasteiger partial charge on any atom is 0.335 e. The lowest BCUT2D eigenvalue weighted by molar-refractivity contribution is -0.132. The lowest BCUT2D eigenvalue weighted by Gasteiger charge is -2.04. The highest BCUT2D eigenvalue weighted by Crippen LogP contribution is 2.13. The van der Waals surface area contributed by atoms with E-state index in [0.29, 0.717) is 5.69 Å². The van der Waals surface area contributed by atoms with E-state index in [-0.39, 0.29) is 34.5 Å². The van der Waals surface area contributed by atoms with E-state index < -0.39 is 17.9 Å². The van der Waals surface area contributed by atoms with Gasteiger partial charge in [0.15, 0.2) is 0 Å². The van der Waals surface area contributed by atoms with E-state index >= 15 is 0 Å². The number of hydrogen-bond donors (Lipinski definition) is 4. The highest BCUT2D eigenvalue weighted by molar-refractivity contribution is 5.93. The van der Waals surface area contributed by atoms with Crippen LogP contribution in [0, 0.1) is 0 Å². The normalized spacial score (nSPS) is 11.9. The van der Waals surface area contributed by atoms with Gasteiger partial charge in [-0.15, -0.1) is 0 Å². The zero-order valence-corrected chi connectivity index (χ0v) is 13.9. The van der Waals surface area contributed by atoms with Crippen molar-refractivity contribution in [3.8, 4) is 0 Å². The second-order valence-corrected chi connectivity index (χ2v) is 5.34. The summed E-state index contributed by atoms with van der Waals surface area (Å²) in [4.78, 5) is 41.3. The first-order valence-electron chi connectivity index (χ1n) is 7.56. The third-order valence-corrected chi connectivity index (χ3v) is 3.46. The van der Waals surface area contributed by atoms with Crippen LogP contribution < -0.4 is 5.73 Å². The molecule has 0 radical (unpaired) electrons. The van der Waals surface area contributed by atoms with Crippen molar-refractivity contribution < 1.29 is 29.7 Å². The van der Waals surface area contributed by atoms with Gasteiger partial charge in [-0.25, -0.2) is 14.4 Å². The first-order valence-corrected chi connectivity index (χ1v) is 7.56. The Morgan fingerprint density at radius 2 is 1.56 bits per heavy atom. The minimum Gasteiger partial charge on any atom is -0.478 e. The van der Waals surface area contributed by atoms with Gasteiger partial charge in [0.1, 0.15) is 0 Å². The number of aromatic carboxylic acids is 2. The van der Waals surface area contributed by atoms with Crippen LogP contribution in [0.1, 0.15) is 32.1 Å². The van der Waals surface area contributed by atoms with Crippen LogP contribution in [0.3, 0.4) is 0 Å². The van der Waals surface area contributed by atoms with Crippen LogP contribution in [0.4, 0.5) is 0 Å². The molecule has 0 saturated carbocycles. The quantitative estimate of drug-likeness (QED) is 0.417. The van der Waals surface area contributed by atoms with Crippen molar-refractivity contribution in [1.82, 2.24) is 9.97 Å². The summed E-state index contributed by atoms with van der Waals surface area (Å²) in [6, 6.07) is 5.18. The van der Waals surface area contributed by atoms with E-state index in [9.17, 15) is 19.5 Å². The van der Waals surface area contributed by atoms with E-state index in [1.54, 1.807) is 0 Å². The van der Waals surface area contributed by atoms with Crippen molar-refractivity contribution in [2.75, 3.05) is 0 Å². The Bertz CT molecular complexity index is 965. The molecular weight excluding hydrogens is 354 g/mol. The predicted octanol–water partition coefficient (Wildman–Crippen LogP) is 1.43. The molecule has 5 N–H and O–H groups in total. The fourth-order valence-corrected chi connectivity index (χ4v) is 2.11. The fourth-order valence-electron chi connectivity index (χ4n) is 2.11. The third kappa shape index (κ3) is 5.23. The van der Waals surface area contributed by atoms with Crippen molar-refractivity contribution in [1.29, 1.82) is 0 Å². The minimum atomic E-state index is -1.26. The number of allylic oxidation sites excluding steroid dienone is 1. The SMILES string of the molecule is N/C(=C\C(=C/Cc1cc(C(=O)O)ccn1)C(=O)O)c1cc(C(=O)O)ccn1. The monoisotopic (exact) mass is 369 g/mol. The lowest BCUT2D eigenvalue weighted by Crippen LogP contribution is -2.06. The topological polar surface area (TPSA) is 164 Å². The Morgan fingerprint density at radius 1 is 0.963 bits per heavy atom. The molecule has 0 aliphatic carbocycles. The number of carboxylic acid groups (broad SMARTS) is 3. The standard InChI is InChI=1S/C18H15N3O6/c19-14(15-9-12(18(26)27)4-6-21-15)8-10(16(22)23)1-2-13-7-11(17(24)25)3-5-20-13/h1,3-9H,2,19H2,(H,22,23)(H,24,25)(H,26,27)/b10-1+,14-8-. The van der Waals surface area contributed by atoms with Crippen molar-refractivity contribution in [3.05, 3.63) is 76.9 Å². The first-order chi connectivity index (χ1) is 12.8. The van der Waals surface area contributed by atoms with Gasteiger partial charge >= 0.3 is 17.9 Å². The highest BCUT2D eigenvalue weighted by Gasteiger charge is 2.10. The van der Waals surface area contributed by atoms with Crippen LogP contribution in [0.2, 0.25) is 0 Å². The molecule has 0 amide bonds. The second-order valence-electron chi connectivity index (χ2n) is 5.34. The summed E-state index contributed by atoms with van der Waals surface area (Å²) in [6.45, 7) is 0. The summed E-state index contributed by atoms with van der Waals surface area (Å²) in [7, 11) is 0. The molecule has 0 aromatic carbocycles. The van der Waals surface area contributed by atoms with E-state index in [0.717, 1.165) is 6.08 Å². The molecule has 27 heavy (non-hydrogen) atoms. The van der Waals surface area contributed by atoms with E-state index in [1.807, 2.05) is 0 Å². The molecule has 0 bridgehead atoms. The summed E-state index contributed by atoms with van der Waals surface area (Å²) in [6.07, 6.45) is 5.11. The molecule has 0 aliphatic rings. The Labute approximate surface area is 153 Å². The molecule has 2 heterocycles. The lowest BCUT2D eigenvalue weighted by atomic mass is 10.1. The Balaban J connectivity index is 2.30. The highest BCUT2D eigenvalue weighted by atomic mass is 16.4. The second kappa shape index (κ2) is 8.39.